The summed E-state index contributed by atoms with van der Waals surface area (Å²) in [4.78, 5) is 30.7. The predicted molar refractivity (Wildman–Crippen MR) is 147 cm³/mol. The number of fused-ring (bicyclic) bond motifs is 1. The molecule has 0 aliphatic heterocycles. The van der Waals surface area contributed by atoms with Crippen molar-refractivity contribution in [3.8, 4) is 17.2 Å². The molecule has 200 valence electrons. The van der Waals surface area contributed by atoms with Crippen LogP contribution in [0.5, 0.6) is 17.2 Å². The van der Waals surface area contributed by atoms with Crippen LogP contribution >= 0.6 is 11.8 Å². The Balaban J connectivity index is 1.70. The highest BCUT2D eigenvalue weighted by Crippen LogP contribution is 2.37. The number of methoxy groups -OCH3 is 1. The first-order valence-corrected chi connectivity index (χ1v) is 13.5. The number of aromatic hydroxyl groups is 2. The molecule has 0 spiro atoms. The topological polar surface area (TPSA) is 127 Å². The third-order valence-electron chi connectivity index (χ3n) is 6.46. The first-order chi connectivity index (χ1) is 18.2. The van der Waals surface area contributed by atoms with Crippen LogP contribution in [0.15, 0.2) is 57.7 Å². The van der Waals surface area contributed by atoms with Gasteiger partial charge in [0, 0.05) is 19.5 Å². The molecule has 4 rings (SSSR count). The molecule has 0 radical (unpaired) electrons. The van der Waals surface area contributed by atoms with E-state index in [1.165, 1.54) is 19.2 Å². The summed E-state index contributed by atoms with van der Waals surface area (Å²) in [6, 6.07) is 13.2. The molecular formula is C28H31N3O6S. The molecule has 4 aromatic rings. The number of nitrogens with one attached hydrogen (secondary N) is 1. The fourth-order valence-corrected chi connectivity index (χ4v) is 5.02. The SMILES string of the molecule is COc1cc([C@H](CC(=O)N[C@@H](CCSC)c2nc3ccccc3n2C)c2oc(C)cc(=O)c2O)ccc1O. The van der Waals surface area contributed by atoms with E-state index in [0.29, 0.717) is 17.7 Å². The highest BCUT2D eigenvalue weighted by atomic mass is 32.2. The van der Waals surface area contributed by atoms with Crippen molar-refractivity contribution >= 4 is 28.7 Å². The van der Waals surface area contributed by atoms with Crippen LogP contribution in [0.25, 0.3) is 11.0 Å². The van der Waals surface area contributed by atoms with Gasteiger partial charge in [-0.2, -0.15) is 11.8 Å². The quantitative estimate of drug-likeness (QED) is 0.272. The molecule has 1 amide bonds. The lowest BCUT2D eigenvalue weighted by atomic mass is 9.91. The normalized spacial score (nSPS) is 12.8. The lowest BCUT2D eigenvalue weighted by Crippen LogP contribution is -2.32. The van der Waals surface area contributed by atoms with Crippen molar-refractivity contribution in [2.45, 2.75) is 31.7 Å². The van der Waals surface area contributed by atoms with Crippen molar-refractivity contribution in [1.29, 1.82) is 0 Å². The standard InChI is InChI=1S/C28H31N3O6S/c1-16-13-23(33)26(35)27(37-16)18(17-9-10-22(32)24(14-17)36-3)15-25(34)29-20(11-12-38-4)28-30-19-7-5-6-8-21(19)31(28)2/h5-10,13-14,18,20,32,35H,11-12,15H2,1-4H3,(H,29,34)/t18-,20-/m0/s1. The van der Waals surface area contributed by atoms with Crippen LogP contribution in [0.4, 0.5) is 0 Å². The second kappa shape index (κ2) is 11.6. The molecule has 0 saturated heterocycles. The Morgan fingerprint density at radius 3 is 2.68 bits per heavy atom. The summed E-state index contributed by atoms with van der Waals surface area (Å²) >= 11 is 1.67. The summed E-state index contributed by atoms with van der Waals surface area (Å²) in [5.74, 6) is 0.241. The van der Waals surface area contributed by atoms with Gasteiger partial charge in [0.25, 0.3) is 0 Å². The van der Waals surface area contributed by atoms with Gasteiger partial charge in [-0.15, -0.1) is 0 Å². The van der Waals surface area contributed by atoms with Crippen molar-refractivity contribution in [2.75, 3.05) is 19.1 Å². The molecule has 0 unspecified atom stereocenters. The Kier molecular flexibility index (Phi) is 8.31. The van der Waals surface area contributed by atoms with E-state index in [2.05, 4.69) is 5.32 Å². The lowest BCUT2D eigenvalue weighted by Gasteiger charge is -2.22. The molecule has 2 aromatic carbocycles. The molecule has 0 fully saturated rings. The number of amides is 1. The second-order valence-electron chi connectivity index (χ2n) is 9.04. The van der Waals surface area contributed by atoms with E-state index in [9.17, 15) is 19.8 Å². The maximum absolute atomic E-state index is 13.5. The van der Waals surface area contributed by atoms with Crippen LogP contribution in [-0.4, -0.2) is 44.8 Å². The number of aromatic nitrogens is 2. The second-order valence-corrected chi connectivity index (χ2v) is 10.0. The number of imidazole rings is 1. The molecule has 0 aliphatic rings. The number of para-hydroxylation sites is 2. The molecule has 38 heavy (non-hydrogen) atoms. The monoisotopic (exact) mass is 537 g/mol. The molecule has 0 saturated carbocycles. The molecule has 2 atom stereocenters. The van der Waals surface area contributed by atoms with Gasteiger partial charge in [0.15, 0.2) is 17.3 Å². The number of ether oxygens (including phenoxy) is 1. The minimum absolute atomic E-state index is 0.0266. The van der Waals surface area contributed by atoms with Crippen LogP contribution in [0.2, 0.25) is 0 Å². The molecule has 0 bridgehead atoms. The van der Waals surface area contributed by atoms with Crippen LogP contribution in [0.3, 0.4) is 0 Å². The van der Waals surface area contributed by atoms with E-state index >= 15 is 0 Å². The summed E-state index contributed by atoms with van der Waals surface area (Å²) < 4.78 is 13.0. The van der Waals surface area contributed by atoms with Gasteiger partial charge in [0.1, 0.15) is 11.6 Å². The highest BCUT2D eigenvalue weighted by Gasteiger charge is 2.29. The van der Waals surface area contributed by atoms with Crippen LogP contribution in [0.1, 0.15) is 47.7 Å². The lowest BCUT2D eigenvalue weighted by molar-refractivity contribution is -0.122. The Bertz CT molecular complexity index is 1510. The molecule has 2 heterocycles. The summed E-state index contributed by atoms with van der Waals surface area (Å²) in [6.45, 7) is 1.60. The fourth-order valence-electron chi connectivity index (χ4n) is 4.55. The van der Waals surface area contributed by atoms with Gasteiger partial charge in [0.2, 0.25) is 17.1 Å². The average Bonchev–Trinajstić information content (AvgIpc) is 3.24. The first-order valence-electron chi connectivity index (χ1n) is 12.1. The van der Waals surface area contributed by atoms with Crippen LogP contribution < -0.4 is 15.5 Å². The van der Waals surface area contributed by atoms with E-state index in [0.717, 1.165) is 22.6 Å². The van der Waals surface area contributed by atoms with Crippen molar-refractivity contribution in [3.05, 3.63) is 81.7 Å². The fraction of sp³-hybridized carbons (Fsp3) is 0.321. The van der Waals surface area contributed by atoms with E-state index < -0.39 is 17.1 Å². The number of phenolic OH excluding ortho intramolecular Hbond substituents is 1. The van der Waals surface area contributed by atoms with Crippen molar-refractivity contribution in [3.63, 3.8) is 0 Å². The van der Waals surface area contributed by atoms with Gasteiger partial charge in [-0.1, -0.05) is 18.2 Å². The van der Waals surface area contributed by atoms with Gasteiger partial charge in [-0.25, -0.2) is 4.98 Å². The van der Waals surface area contributed by atoms with Gasteiger partial charge < -0.3 is 29.3 Å². The van der Waals surface area contributed by atoms with Gasteiger partial charge in [-0.05, 0) is 55.2 Å². The minimum atomic E-state index is -0.821. The third-order valence-corrected chi connectivity index (χ3v) is 7.11. The van der Waals surface area contributed by atoms with Crippen LogP contribution in [0, 0.1) is 6.92 Å². The van der Waals surface area contributed by atoms with Gasteiger partial charge >= 0.3 is 0 Å². The number of carbonyl (C=O) groups is 1. The minimum Gasteiger partial charge on any atom is -0.504 e. The molecular weight excluding hydrogens is 506 g/mol. The van der Waals surface area contributed by atoms with E-state index in [4.69, 9.17) is 14.1 Å². The summed E-state index contributed by atoms with van der Waals surface area (Å²) in [6.07, 6.45) is 2.53. The summed E-state index contributed by atoms with van der Waals surface area (Å²) in [5.41, 5.74) is 1.74. The van der Waals surface area contributed by atoms with Crippen molar-refractivity contribution in [1.82, 2.24) is 14.9 Å². The Hall–Kier alpha value is -3.92. The molecule has 9 nitrogen and oxygen atoms in total. The van der Waals surface area contributed by atoms with Gasteiger partial charge in [-0.3, -0.25) is 9.59 Å². The predicted octanol–water partition coefficient (Wildman–Crippen LogP) is 4.39. The number of thioether (sulfide) groups is 1. The maximum Gasteiger partial charge on any atom is 0.227 e. The number of hydrogen-bond acceptors (Lipinski definition) is 8. The number of hydrogen-bond donors (Lipinski definition) is 3. The Labute approximate surface area is 224 Å². The summed E-state index contributed by atoms with van der Waals surface area (Å²) in [5, 5.41) is 23.8. The molecule has 0 aliphatic carbocycles. The number of carbonyl (C=O) groups excluding carboxylic acids is 1. The van der Waals surface area contributed by atoms with Gasteiger partial charge in [0.05, 0.1) is 30.1 Å². The van der Waals surface area contributed by atoms with E-state index in [-0.39, 0.29) is 35.6 Å². The summed E-state index contributed by atoms with van der Waals surface area (Å²) in [7, 11) is 3.34. The zero-order valence-electron chi connectivity index (χ0n) is 21.7. The molecule has 2 aromatic heterocycles. The Morgan fingerprint density at radius 1 is 1.21 bits per heavy atom. The molecule has 3 N–H and O–H groups in total. The molecule has 10 heteroatoms. The van der Waals surface area contributed by atoms with E-state index in [1.54, 1.807) is 30.8 Å². The van der Waals surface area contributed by atoms with Crippen molar-refractivity contribution < 1.29 is 24.2 Å². The zero-order valence-corrected chi connectivity index (χ0v) is 22.5. The number of aryl methyl sites for hydroxylation is 2. The average molecular weight is 538 g/mol. The highest BCUT2D eigenvalue weighted by molar-refractivity contribution is 7.98. The number of rotatable bonds is 10. The van der Waals surface area contributed by atoms with E-state index in [1.807, 2.05) is 42.1 Å². The Morgan fingerprint density at radius 2 is 1.97 bits per heavy atom. The zero-order chi connectivity index (χ0) is 27.4. The first kappa shape index (κ1) is 27.1. The number of benzene rings is 2. The smallest absolute Gasteiger partial charge is 0.227 e. The number of nitrogens with zero attached hydrogens (tertiary/aromatic N) is 2. The number of phenols is 1. The maximum atomic E-state index is 13.5. The third kappa shape index (κ3) is 5.65. The van der Waals surface area contributed by atoms with Crippen molar-refractivity contribution in [2.24, 2.45) is 7.05 Å². The van der Waals surface area contributed by atoms with Crippen LogP contribution in [-0.2, 0) is 11.8 Å². The largest absolute Gasteiger partial charge is 0.504 e.